The fourth-order valence-corrected chi connectivity index (χ4v) is 2.84. The van der Waals surface area contributed by atoms with Crippen LogP contribution in [-0.2, 0) is 6.61 Å². The molecule has 6 nitrogen and oxygen atoms in total. The molecular weight excluding hydrogens is 330 g/mol. The molecule has 0 radical (unpaired) electrons. The number of nitrogens with zero attached hydrogens (tertiary/aromatic N) is 1. The average Bonchev–Trinajstić information content (AvgIpc) is 3.09. The number of benzene rings is 1. The topological polar surface area (TPSA) is 80.0 Å². The van der Waals surface area contributed by atoms with Crippen molar-refractivity contribution in [3.63, 3.8) is 0 Å². The molecule has 0 aliphatic heterocycles. The SMILES string of the molecule is COc1ccc2[nH]c(-c3c(OCc4ccccn4)cc[nH]c3=O)cc2c1. The number of fused-ring (bicyclic) bond motifs is 1. The second-order valence-corrected chi connectivity index (χ2v) is 5.79. The molecule has 0 saturated carbocycles. The molecule has 4 aromatic rings. The van der Waals surface area contributed by atoms with Gasteiger partial charge in [0.15, 0.2) is 0 Å². The predicted molar refractivity (Wildman–Crippen MR) is 99.5 cm³/mol. The molecule has 130 valence electrons. The zero-order valence-electron chi connectivity index (χ0n) is 14.2. The second-order valence-electron chi connectivity index (χ2n) is 5.79. The molecule has 0 spiro atoms. The molecule has 0 atom stereocenters. The number of aromatic amines is 2. The summed E-state index contributed by atoms with van der Waals surface area (Å²) in [7, 11) is 1.63. The van der Waals surface area contributed by atoms with E-state index in [2.05, 4.69) is 15.0 Å². The number of H-pyrrole nitrogens is 2. The third kappa shape index (κ3) is 3.04. The Labute approximate surface area is 149 Å². The summed E-state index contributed by atoms with van der Waals surface area (Å²) in [5.74, 6) is 1.26. The Bertz CT molecular complexity index is 1100. The summed E-state index contributed by atoms with van der Waals surface area (Å²) in [6.07, 6.45) is 3.29. The summed E-state index contributed by atoms with van der Waals surface area (Å²) < 4.78 is 11.1. The maximum absolute atomic E-state index is 12.5. The Kier molecular flexibility index (Phi) is 4.15. The molecule has 0 saturated heterocycles. The van der Waals surface area contributed by atoms with Crippen LogP contribution in [0.5, 0.6) is 11.5 Å². The molecule has 4 rings (SSSR count). The largest absolute Gasteiger partial charge is 0.497 e. The minimum atomic E-state index is -0.220. The normalized spacial score (nSPS) is 10.8. The van der Waals surface area contributed by atoms with Crippen LogP contribution in [0.2, 0.25) is 0 Å². The smallest absolute Gasteiger partial charge is 0.261 e. The summed E-state index contributed by atoms with van der Waals surface area (Å²) in [6, 6.07) is 15.0. The van der Waals surface area contributed by atoms with Crippen molar-refractivity contribution in [1.82, 2.24) is 15.0 Å². The van der Waals surface area contributed by atoms with Gasteiger partial charge < -0.3 is 19.4 Å². The van der Waals surface area contributed by atoms with Gasteiger partial charge >= 0.3 is 0 Å². The molecule has 6 heteroatoms. The molecule has 0 unspecified atom stereocenters. The van der Waals surface area contributed by atoms with E-state index in [9.17, 15) is 4.79 Å². The van der Waals surface area contributed by atoms with Crippen molar-refractivity contribution in [3.05, 3.63) is 77.0 Å². The number of aromatic nitrogens is 3. The van der Waals surface area contributed by atoms with E-state index >= 15 is 0 Å². The van der Waals surface area contributed by atoms with Crippen LogP contribution in [-0.4, -0.2) is 22.1 Å². The Morgan fingerprint density at radius 3 is 2.85 bits per heavy atom. The van der Waals surface area contributed by atoms with E-state index in [4.69, 9.17) is 9.47 Å². The Morgan fingerprint density at radius 2 is 2.04 bits per heavy atom. The van der Waals surface area contributed by atoms with E-state index in [1.54, 1.807) is 25.6 Å². The number of rotatable bonds is 5. The van der Waals surface area contributed by atoms with E-state index < -0.39 is 0 Å². The van der Waals surface area contributed by atoms with Crippen LogP contribution in [0, 0.1) is 0 Å². The average molecular weight is 347 g/mol. The molecule has 3 heterocycles. The van der Waals surface area contributed by atoms with Gasteiger partial charge in [0.25, 0.3) is 5.56 Å². The van der Waals surface area contributed by atoms with E-state index in [1.807, 2.05) is 42.5 Å². The maximum atomic E-state index is 12.5. The van der Waals surface area contributed by atoms with Crippen LogP contribution in [0.4, 0.5) is 0 Å². The van der Waals surface area contributed by atoms with E-state index in [1.165, 1.54) is 0 Å². The summed E-state index contributed by atoms with van der Waals surface area (Å²) in [6.45, 7) is 0.283. The highest BCUT2D eigenvalue weighted by molar-refractivity contribution is 5.87. The molecule has 0 bridgehead atoms. The van der Waals surface area contributed by atoms with Gasteiger partial charge in [-0.25, -0.2) is 0 Å². The fourth-order valence-electron chi connectivity index (χ4n) is 2.84. The Hall–Kier alpha value is -3.54. The van der Waals surface area contributed by atoms with Gasteiger partial charge in [0.2, 0.25) is 0 Å². The predicted octanol–water partition coefficient (Wildman–Crippen LogP) is 3.51. The van der Waals surface area contributed by atoms with Gasteiger partial charge in [0.05, 0.1) is 18.5 Å². The van der Waals surface area contributed by atoms with Crippen LogP contribution in [0.3, 0.4) is 0 Å². The van der Waals surface area contributed by atoms with Crippen molar-refractivity contribution >= 4 is 10.9 Å². The number of methoxy groups -OCH3 is 1. The minimum absolute atomic E-state index is 0.220. The molecular formula is C20H17N3O3. The monoisotopic (exact) mass is 347 g/mol. The van der Waals surface area contributed by atoms with Crippen molar-refractivity contribution in [1.29, 1.82) is 0 Å². The van der Waals surface area contributed by atoms with Gasteiger partial charge in [-0.15, -0.1) is 0 Å². The minimum Gasteiger partial charge on any atom is -0.497 e. The summed E-state index contributed by atoms with van der Waals surface area (Å²) in [5, 5.41) is 0.957. The first kappa shape index (κ1) is 16.0. The zero-order valence-corrected chi connectivity index (χ0v) is 14.2. The van der Waals surface area contributed by atoms with E-state index in [0.29, 0.717) is 17.0 Å². The molecule has 1 aromatic carbocycles. The van der Waals surface area contributed by atoms with Crippen molar-refractivity contribution in [2.24, 2.45) is 0 Å². The first-order valence-electron chi connectivity index (χ1n) is 8.16. The van der Waals surface area contributed by atoms with Crippen LogP contribution in [0.25, 0.3) is 22.2 Å². The van der Waals surface area contributed by atoms with Gasteiger partial charge in [-0.2, -0.15) is 0 Å². The lowest BCUT2D eigenvalue weighted by Crippen LogP contribution is -2.11. The second kappa shape index (κ2) is 6.76. The highest BCUT2D eigenvalue weighted by Gasteiger charge is 2.14. The number of hydrogen-bond donors (Lipinski definition) is 2. The first-order valence-corrected chi connectivity index (χ1v) is 8.16. The summed E-state index contributed by atoms with van der Waals surface area (Å²) >= 11 is 0. The third-order valence-corrected chi connectivity index (χ3v) is 4.12. The van der Waals surface area contributed by atoms with E-state index in [0.717, 1.165) is 22.3 Å². The number of ether oxygens (including phenoxy) is 2. The fraction of sp³-hybridized carbons (Fsp3) is 0.100. The number of hydrogen-bond acceptors (Lipinski definition) is 4. The zero-order chi connectivity index (χ0) is 17.9. The lowest BCUT2D eigenvalue weighted by molar-refractivity contribution is 0.302. The number of nitrogens with one attached hydrogen (secondary N) is 2. The highest BCUT2D eigenvalue weighted by Crippen LogP contribution is 2.30. The molecule has 0 fully saturated rings. The molecule has 0 amide bonds. The number of pyridine rings is 2. The van der Waals surface area contributed by atoms with Gasteiger partial charge in [-0.3, -0.25) is 9.78 Å². The molecule has 26 heavy (non-hydrogen) atoms. The third-order valence-electron chi connectivity index (χ3n) is 4.12. The maximum Gasteiger partial charge on any atom is 0.261 e. The van der Waals surface area contributed by atoms with Crippen LogP contribution in [0.15, 0.2) is 65.7 Å². The molecule has 0 aliphatic carbocycles. The molecule has 2 N–H and O–H groups in total. The van der Waals surface area contributed by atoms with Gasteiger partial charge in [-0.1, -0.05) is 6.07 Å². The molecule has 3 aromatic heterocycles. The van der Waals surface area contributed by atoms with Gasteiger partial charge in [-0.05, 0) is 42.5 Å². The van der Waals surface area contributed by atoms with Crippen LogP contribution in [0.1, 0.15) is 5.69 Å². The van der Waals surface area contributed by atoms with Crippen molar-refractivity contribution < 1.29 is 9.47 Å². The lowest BCUT2D eigenvalue weighted by Gasteiger charge is -2.09. The van der Waals surface area contributed by atoms with Crippen molar-refractivity contribution in [2.75, 3.05) is 7.11 Å². The highest BCUT2D eigenvalue weighted by atomic mass is 16.5. The van der Waals surface area contributed by atoms with E-state index in [-0.39, 0.29) is 12.2 Å². The van der Waals surface area contributed by atoms with Crippen LogP contribution >= 0.6 is 0 Å². The Morgan fingerprint density at radius 1 is 1.12 bits per heavy atom. The van der Waals surface area contributed by atoms with Gasteiger partial charge in [0, 0.05) is 23.3 Å². The van der Waals surface area contributed by atoms with Crippen molar-refractivity contribution in [2.45, 2.75) is 6.61 Å². The lowest BCUT2D eigenvalue weighted by atomic mass is 10.1. The standard InChI is InChI=1S/C20H17N3O3/c1-25-15-5-6-16-13(10-15)11-17(23-16)19-18(7-9-22-20(19)24)26-12-14-4-2-3-8-21-14/h2-11,23H,12H2,1H3,(H,22,24). The van der Waals surface area contributed by atoms with Gasteiger partial charge in [0.1, 0.15) is 23.7 Å². The molecule has 0 aliphatic rings. The quantitative estimate of drug-likeness (QED) is 0.579. The van der Waals surface area contributed by atoms with Crippen molar-refractivity contribution in [3.8, 4) is 22.8 Å². The first-order chi connectivity index (χ1) is 12.7. The summed E-state index contributed by atoms with van der Waals surface area (Å²) in [4.78, 5) is 22.7. The van der Waals surface area contributed by atoms with Crippen LogP contribution < -0.4 is 15.0 Å². The summed E-state index contributed by atoms with van der Waals surface area (Å²) in [5.41, 5.74) is 2.63. The Balaban J connectivity index is 1.73.